The van der Waals surface area contributed by atoms with E-state index >= 15 is 0 Å². The van der Waals surface area contributed by atoms with Gasteiger partial charge >= 0.3 is 0 Å². The van der Waals surface area contributed by atoms with Gasteiger partial charge in [-0.25, -0.2) is 0 Å². The summed E-state index contributed by atoms with van der Waals surface area (Å²) in [6, 6.07) is 5.31. The standard InChI is InChI=1S/C11H17N3O2/c1-3-9(7-12)13-10-6-4-5-8(2)11(10)14(15)16/h4-6,9,13H,3,7,12H2,1-2H3. The molecule has 0 aliphatic carbocycles. The second kappa shape index (κ2) is 5.46. The van der Waals surface area contributed by atoms with E-state index in [1.54, 1.807) is 25.1 Å². The Morgan fingerprint density at radius 1 is 1.56 bits per heavy atom. The minimum Gasteiger partial charge on any atom is -0.375 e. The van der Waals surface area contributed by atoms with Gasteiger partial charge in [0.1, 0.15) is 5.69 Å². The zero-order valence-electron chi connectivity index (χ0n) is 9.56. The molecule has 5 heteroatoms. The molecule has 0 bridgehead atoms. The summed E-state index contributed by atoms with van der Waals surface area (Å²) >= 11 is 0. The quantitative estimate of drug-likeness (QED) is 0.591. The van der Waals surface area contributed by atoms with Gasteiger partial charge in [-0.3, -0.25) is 10.1 Å². The van der Waals surface area contributed by atoms with Crippen molar-refractivity contribution in [2.24, 2.45) is 5.73 Å². The summed E-state index contributed by atoms with van der Waals surface area (Å²) in [5.74, 6) is 0. The van der Waals surface area contributed by atoms with Gasteiger partial charge < -0.3 is 11.1 Å². The Bertz CT molecular complexity index is 375. The van der Waals surface area contributed by atoms with Crippen LogP contribution in [-0.2, 0) is 0 Å². The predicted molar refractivity (Wildman–Crippen MR) is 64.6 cm³/mol. The van der Waals surface area contributed by atoms with Crippen LogP contribution in [0.3, 0.4) is 0 Å². The Kier molecular flexibility index (Phi) is 4.25. The summed E-state index contributed by atoms with van der Waals surface area (Å²) in [7, 11) is 0. The average Bonchev–Trinajstić information content (AvgIpc) is 2.25. The van der Waals surface area contributed by atoms with Crippen molar-refractivity contribution in [3.05, 3.63) is 33.9 Å². The highest BCUT2D eigenvalue weighted by Gasteiger charge is 2.18. The molecule has 0 radical (unpaired) electrons. The van der Waals surface area contributed by atoms with Crippen molar-refractivity contribution in [1.82, 2.24) is 0 Å². The molecule has 1 aromatic carbocycles. The number of para-hydroxylation sites is 1. The summed E-state index contributed by atoms with van der Waals surface area (Å²) < 4.78 is 0. The average molecular weight is 223 g/mol. The van der Waals surface area contributed by atoms with E-state index in [0.29, 0.717) is 17.8 Å². The van der Waals surface area contributed by atoms with Crippen LogP contribution in [0.4, 0.5) is 11.4 Å². The molecule has 0 saturated carbocycles. The molecule has 5 nitrogen and oxygen atoms in total. The van der Waals surface area contributed by atoms with Crippen molar-refractivity contribution in [3.8, 4) is 0 Å². The number of hydrogen-bond acceptors (Lipinski definition) is 4. The van der Waals surface area contributed by atoms with Gasteiger partial charge in [0.25, 0.3) is 5.69 Å². The normalized spacial score (nSPS) is 12.2. The topological polar surface area (TPSA) is 81.2 Å². The van der Waals surface area contributed by atoms with E-state index < -0.39 is 0 Å². The second-order valence-electron chi connectivity index (χ2n) is 3.71. The van der Waals surface area contributed by atoms with E-state index in [1.807, 2.05) is 6.92 Å². The van der Waals surface area contributed by atoms with Crippen LogP contribution in [0.2, 0.25) is 0 Å². The lowest BCUT2D eigenvalue weighted by molar-refractivity contribution is -0.384. The molecule has 0 aliphatic rings. The predicted octanol–water partition coefficient (Wildman–Crippen LogP) is 2.05. The highest BCUT2D eigenvalue weighted by molar-refractivity contribution is 5.65. The molecule has 1 unspecified atom stereocenters. The highest BCUT2D eigenvalue weighted by Crippen LogP contribution is 2.28. The summed E-state index contributed by atoms with van der Waals surface area (Å²) in [6.07, 6.45) is 0.835. The maximum Gasteiger partial charge on any atom is 0.295 e. The van der Waals surface area contributed by atoms with Gasteiger partial charge in [0.05, 0.1) is 4.92 Å². The fourth-order valence-electron chi connectivity index (χ4n) is 1.57. The van der Waals surface area contributed by atoms with E-state index in [1.165, 1.54) is 0 Å². The van der Waals surface area contributed by atoms with Crippen molar-refractivity contribution < 1.29 is 4.92 Å². The van der Waals surface area contributed by atoms with Crippen LogP contribution in [0, 0.1) is 17.0 Å². The number of nitro groups is 1. The second-order valence-corrected chi connectivity index (χ2v) is 3.71. The number of nitrogens with two attached hydrogens (primary N) is 1. The molecule has 1 atom stereocenters. The molecule has 0 spiro atoms. The van der Waals surface area contributed by atoms with E-state index in [2.05, 4.69) is 5.32 Å². The van der Waals surface area contributed by atoms with Crippen LogP contribution in [0.25, 0.3) is 0 Å². The molecular formula is C11H17N3O2. The van der Waals surface area contributed by atoms with E-state index in [4.69, 9.17) is 5.73 Å². The molecule has 0 aliphatic heterocycles. The number of hydrogen-bond donors (Lipinski definition) is 2. The third-order valence-electron chi connectivity index (χ3n) is 2.56. The first kappa shape index (κ1) is 12.4. The molecular weight excluding hydrogens is 206 g/mol. The minimum atomic E-state index is -0.360. The molecule has 0 amide bonds. The zero-order valence-corrected chi connectivity index (χ0v) is 9.56. The first-order valence-corrected chi connectivity index (χ1v) is 5.30. The SMILES string of the molecule is CCC(CN)Nc1cccc(C)c1[N+](=O)[O-]. The van der Waals surface area contributed by atoms with Crippen LogP contribution >= 0.6 is 0 Å². The Morgan fingerprint density at radius 2 is 2.25 bits per heavy atom. The Balaban J connectivity index is 3.03. The molecule has 1 aromatic rings. The fourth-order valence-corrected chi connectivity index (χ4v) is 1.57. The van der Waals surface area contributed by atoms with Gasteiger partial charge in [-0.15, -0.1) is 0 Å². The molecule has 0 fully saturated rings. The van der Waals surface area contributed by atoms with E-state index in [9.17, 15) is 10.1 Å². The lowest BCUT2D eigenvalue weighted by Gasteiger charge is -2.16. The van der Waals surface area contributed by atoms with Crippen LogP contribution in [0.15, 0.2) is 18.2 Å². The number of anilines is 1. The van der Waals surface area contributed by atoms with Crippen molar-refractivity contribution in [1.29, 1.82) is 0 Å². The van der Waals surface area contributed by atoms with Crippen LogP contribution in [0.1, 0.15) is 18.9 Å². The molecule has 0 heterocycles. The number of aryl methyl sites for hydroxylation is 1. The Hall–Kier alpha value is -1.62. The maximum absolute atomic E-state index is 10.9. The van der Waals surface area contributed by atoms with E-state index in [-0.39, 0.29) is 16.7 Å². The third-order valence-corrected chi connectivity index (χ3v) is 2.56. The molecule has 3 N–H and O–H groups in total. The largest absolute Gasteiger partial charge is 0.375 e. The Morgan fingerprint density at radius 3 is 2.75 bits per heavy atom. The lowest BCUT2D eigenvalue weighted by atomic mass is 10.1. The molecule has 16 heavy (non-hydrogen) atoms. The van der Waals surface area contributed by atoms with Gasteiger partial charge in [0.15, 0.2) is 0 Å². The summed E-state index contributed by atoms with van der Waals surface area (Å²) in [5, 5.41) is 14.0. The minimum absolute atomic E-state index is 0.0699. The van der Waals surface area contributed by atoms with Crippen molar-refractivity contribution >= 4 is 11.4 Å². The van der Waals surface area contributed by atoms with Crippen molar-refractivity contribution in [2.45, 2.75) is 26.3 Å². The molecule has 88 valence electrons. The van der Waals surface area contributed by atoms with Gasteiger partial charge in [0, 0.05) is 18.2 Å². The summed E-state index contributed by atoms with van der Waals surface area (Å²) in [4.78, 5) is 10.6. The van der Waals surface area contributed by atoms with E-state index in [0.717, 1.165) is 6.42 Å². The molecule has 1 rings (SSSR count). The van der Waals surface area contributed by atoms with Crippen molar-refractivity contribution in [2.75, 3.05) is 11.9 Å². The summed E-state index contributed by atoms with van der Waals surface area (Å²) in [6.45, 7) is 4.18. The van der Waals surface area contributed by atoms with Crippen LogP contribution in [-0.4, -0.2) is 17.5 Å². The number of nitro benzene ring substituents is 1. The van der Waals surface area contributed by atoms with Gasteiger partial charge in [0.2, 0.25) is 0 Å². The summed E-state index contributed by atoms with van der Waals surface area (Å²) in [5.41, 5.74) is 6.90. The zero-order chi connectivity index (χ0) is 12.1. The van der Waals surface area contributed by atoms with Crippen LogP contribution < -0.4 is 11.1 Å². The van der Waals surface area contributed by atoms with Gasteiger partial charge in [-0.1, -0.05) is 19.1 Å². The lowest BCUT2D eigenvalue weighted by Crippen LogP contribution is -2.28. The molecule has 0 saturated heterocycles. The van der Waals surface area contributed by atoms with Crippen LogP contribution in [0.5, 0.6) is 0 Å². The fraction of sp³-hybridized carbons (Fsp3) is 0.455. The number of benzene rings is 1. The number of rotatable bonds is 5. The first-order chi connectivity index (χ1) is 7.60. The molecule has 0 aromatic heterocycles. The third kappa shape index (κ3) is 2.70. The first-order valence-electron chi connectivity index (χ1n) is 5.30. The van der Waals surface area contributed by atoms with Crippen molar-refractivity contribution in [3.63, 3.8) is 0 Å². The smallest absolute Gasteiger partial charge is 0.295 e. The maximum atomic E-state index is 10.9. The number of nitrogens with zero attached hydrogens (tertiary/aromatic N) is 1. The van der Waals surface area contributed by atoms with Gasteiger partial charge in [-0.05, 0) is 19.4 Å². The van der Waals surface area contributed by atoms with Gasteiger partial charge in [-0.2, -0.15) is 0 Å². The Labute approximate surface area is 94.8 Å². The highest BCUT2D eigenvalue weighted by atomic mass is 16.6. The monoisotopic (exact) mass is 223 g/mol. The number of nitrogens with one attached hydrogen (secondary N) is 1.